The first-order valence-electron chi connectivity index (χ1n) is 8.07. The lowest BCUT2D eigenvalue weighted by atomic mass is 10.1. The molecule has 2 heterocycles. The number of nitrogens with zero attached hydrogens (tertiary/aromatic N) is 2. The first-order valence-corrected chi connectivity index (χ1v) is 8.07. The zero-order valence-electron chi connectivity index (χ0n) is 12.8. The van der Waals surface area contributed by atoms with Crippen LogP contribution in [0.3, 0.4) is 0 Å². The molecule has 0 radical (unpaired) electrons. The van der Waals surface area contributed by atoms with Crippen LogP contribution < -0.4 is 0 Å². The second kappa shape index (κ2) is 6.37. The molecule has 0 N–H and O–H groups in total. The average molecular weight is 318 g/mol. The standard InChI is InChI=1S/C17H19FN2O3/c18-15-4-3-12(7-14(15)10-22-8-11-1-2-11)17-19-16(20-23-17)13-5-6-21-9-13/h3-4,7,11,13H,1-2,5-6,8-10H2. The Kier molecular flexibility index (Phi) is 4.10. The minimum atomic E-state index is -0.270. The van der Waals surface area contributed by atoms with E-state index < -0.39 is 0 Å². The maximum atomic E-state index is 13.9. The molecule has 1 aromatic heterocycles. The van der Waals surface area contributed by atoms with Gasteiger partial charge in [-0.2, -0.15) is 4.98 Å². The maximum absolute atomic E-state index is 13.9. The SMILES string of the molecule is Fc1ccc(-c2nc(C3CCOC3)no2)cc1COCC1CC1. The van der Waals surface area contributed by atoms with Crippen molar-refractivity contribution in [3.05, 3.63) is 35.4 Å². The predicted molar refractivity (Wildman–Crippen MR) is 80.2 cm³/mol. The monoisotopic (exact) mass is 318 g/mol. The van der Waals surface area contributed by atoms with E-state index in [0.717, 1.165) is 13.0 Å². The van der Waals surface area contributed by atoms with Crippen molar-refractivity contribution in [2.24, 2.45) is 5.92 Å². The second-order valence-corrected chi connectivity index (χ2v) is 6.28. The zero-order chi connectivity index (χ0) is 15.6. The Bertz CT molecular complexity index is 678. The van der Waals surface area contributed by atoms with Crippen LogP contribution in [0.25, 0.3) is 11.5 Å². The molecule has 1 aliphatic carbocycles. The highest BCUT2D eigenvalue weighted by molar-refractivity contribution is 5.54. The van der Waals surface area contributed by atoms with E-state index in [1.165, 1.54) is 18.9 Å². The molecule has 1 saturated heterocycles. The van der Waals surface area contributed by atoms with Crippen molar-refractivity contribution in [3.8, 4) is 11.5 Å². The number of ether oxygens (including phenoxy) is 2. The van der Waals surface area contributed by atoms with E-state index in [9.17, 15) is 4.39 Å². The lowest BCUT2D eigenvalue weighted by molar-refractivity contribution is 0.109. The Morgan fingerprint density at radius 2 is 2.17 bits per heavy atom. The highest BCUT2D eigenvalue weighted by atomic mass is 19.1. The third-order valence-corrected chi connectivity index (χ3v) is 4.34. The van der Waals surface area contributed by atoms with Crippen LogP contribution in [0, 0.1) is 11.7 Å². The van der Waals surface area contributed by atoms with Gasteiger partial charge in [-0.05, 0) is 43.4 Å². The third kappa shape index (κ3) is 3.43. The van der Waals surface area contributed by atoms with E-state index >= 15 is 0 Å². The van der Waals surface area contributed by atoms with Gasteiger partial charge in [0.1, 0.15) is 5.82 Å². The Morgan fingerprint density at radius 3 is 2.96 bits per heavy atom. The topological polar surface area (TPSA) is 57.4 Å². The molecule has 4 rings (SSSR count). The number of hydrogen-bond acceptors (Lipinski definition) is 5. The van der Waals surface area contributed by atoms with Gasteiger partial charge < -0.3 is 14.0 Å². The number of halogens is 1. The zero-order valence-corrected chi connectivity index (χ0v) is 12.8. The Balaban J connectivity index is 1.48. The lowest BCUT2D eigenvalue weighted by Gasteiger charge is -2.06. The molecule has 0 bridgehead atoms. The molecule has 5 nitrogen and oxygen atoms in total. The number of hydrogen-bond donors (Lipinski definition) is 0. The van der Waals surface area contributed by atoms with Gasteiger partial charge >= 0.3 is 0 Å². The van der Waals surface area contributed by atoms with Gasteiger partial charge in [0.15, 0.2) is 5.82 Å². The van der Waals surface area contributed by atoms with Crippen LogP contribution in [-0.4, -0.2) is 30.0 Å². The summed E-state index contributed by atoms with van der Waals surface area (Å²) in [5.74, 6) is 1.65. The summed E-state index contributed by atoms with van der Waals surface area (Å²) in [5, 5.41) is 4.03. The molecule has 2 fully saturated rings. The summed E-state index contributed by atoms with van der Waals surface area (Å²) in [7, 11) is 0. The van der Waals surface area contributed by atoms with Crippen LogP contribution in [0.15, 0.2) is 22.7 Å². The van der Waals surface area contributed by atoms with Crippen molar-refractivity contribution in [1.29, 1.82) is 0 Å². The minimum absolute atomic E-state index is 0.189. The van der Waals surface area contributed by atoms with Crippen LogP contribution in [0.4, 0.5) is 4.39 Å². The van der Waals surface area contributed by atoms with Gasteiger partial charge in [0.2, 0.25) is 0 Å². The van der Waals surface area contributed by atoms with Gasteiger partial charge in [-0.15, -0.1) is 0 Å². The van der Waals surface area contributed by atoms with Crippen LogP contribution in [0.1, 0.15) is 36.6 Å². The molecule has 1 aliphatic heterocycles. The third-order valence-electron chi connectivity index (χ3n) is 4.34. The molecule has 2 aromatic rings. The fourth-order valence-electron chi connectivity index (χ4n) is 2.69. The molecule has 1 unspecified atom stereocenters. The molecule has 23 heavy (non-hydrogen) atoms. The van der Waals surface area contributed by atoms with Crippen LogP contribution >= 0.6 is 0 Å². The molecule has 6 heteroatoms. The lowest BCUT2D eigenvalue weighted by Crippen LogP contribution is -2.00. The van der Waals surface area contributed by atoms with Gasteiger partial charge in [0.25, 0.3) is 5.89 Å². The van der Waals surface area contributed by atoms with E-state index in [2.05, 4.69) is 10.1 Å². The second-order valence-electron chi connectivity index (χ2n) is 6.28. The summed E-state index contributed by atoms with van der Waals surface area (Å²) in [6.07, 6.45) is 3.35. The van der Waals surface area contributed by atoms with Gasteiger partial charge in [0, 0.05) is 30.3 Å². The summed E-state index contributed by atoms with van der Waals surface area (Å²) < 4.78 is 30.2. The summed E-state index contributed by atoms with van der Waals surface area (Å²) >= 11 is 0. The van der Waals surface area contributed by atoms with Crippen molar-refractivity contribution in [1.82, 2.24) is 10.1 Å². The van der Waals surface area contributed by atoms with Crippen molar-refractivity contribution < 1.29 is 18.4 Å². The van der Waals surface area contributed by atoms with Crippen LogP contribution in [0.2, 0.25) is 0 Å². The molecule has 0 amide bonds. The molecular formula is C17H19FN2O3. The van der Waals surface area contributed by atoms with Gasteiger partial charge in [-0.1, -0.05) is 5.16 Å². The number of benzene rings is 1. The Hall–Kier alpha value is -1.79. The number of rotatable bonds is 6. The molecule has 122 valence electrons. The predicted octanol–water partition coefficient (Wildman–Crippen LogP) is 3.31. The van der Waals surface area contributed by atoms with E-state index in [4.69, 9.17) is 14.0 Å². The molecule has 1 saturated carbocycles. The molecule has 1 aromatic carbocycles. The molecule has 2 aliphatic rings. The smallest absolute Gasteiger partial charge is 0.257 e. The Morgan fingerprint density at radius 1 is 1.26 bits per heavy atom. The van der Waals surface area contributed by atoms with Crippen molar-refractivity contribution in [2.75, 3.05) is 19.8 Å². The quantitative estimate of drug-likeness (QED) is 0.818. The summed E-state index contributed by atoms with van der Waals surface area (Å²) in [6.45, 7) is 2.33. The van der Waals surface area contributed by atoms with Gasteiger partial charge in [-0.25, -0.2) is 4.39 Å². The van der Waals surface area contributed by atoms with Crippen molar-refractivity contribution in [3.63, 3.8) is 0 Å². The normalized spacial score (nSPS) is 21.0. The van der Waals surface area contributed by atoms with Crippen LogP contribution in [-0.2, 0) is 16.1 Å². The summed E-state index contributed by atoms with van der Waals surface area (Å²) in [6, 6.07) is 4.81. The van der Waals surface area contributed by atoms with E-state index in [1.807, 2.05) is 0 Å². The summed E-state index contributed by atoms with van der Waals surface area (Å²) in [5.41, 5.74) is 1.24. The van der Waals surface area contributed by atoms with Gasteiger partial charge in [-0.3, -0.25) is 0 Å². The molecule has 0 spiro atoms. The fourth-order valence-corrected chi connectivity index (χ4v) is 2.69. The minimum Gasteiger partial charge on any atom is -0.381 e. The van der Waals surface area contributed by atoms with Crippen molar-refractivity contribution >= 4 is 0 Å². The summed E-state index contributed by atoms with van der Waals surface area (Å²) in [4.78, 5) is 4.43. The van der Waals surface area contributed by atoms with Gasteiger partial charge in [0.05, 0.1) is 13.2 Å². The largest absolute Gasteiger partial charge is 0.381 e. The van der Waals surface area contributed by atoms with Crippen LogP contribution in [0.5, 0.6) is 0 Å². The maximum Gasteiger partial charge on any atom is 0.257 e. The van der Waals surface area contributed by atoms with E-state index in [-0.39, 0.29) is 18.3 Å². The van der Waals surface area contributed by atoms with E-state index in [0.29, 0.717) is 42.0 Å². The molecular weight excluding hydrogens is 299 g/mol. The average Bonchev–Trinajstić information content (AvgIpc) is 3.05. The van der Waals surface area contributed by atoms with E-state index in [1.54, 1.807) is 12.1 Å². The highest BCUT2D eigenvalue weighted by Gasteiger charge is 2.24. The molecule has 1 atom stereocenters. The highest BCUT2D eigenvalue weighted by Crippen LogP contribution is 2.30. The van der Waals surface area contributed by atoms with Crippen molar-refractivity contribution in [2.45, 2.75) is 31.8 Å². The first-order chi connectivity index (χ1) is 11.3. The first kappa shape index (κ1) is 14.8. The number of aromatic nitrogens is 2. The fraction of sp³-hybridized carbons (Fsp3) is 0.529. The Labute approximate surface area is 133 Å².